The summed E-state index contributed by atoms with van der Waals surface area (Å²) in [6, 6.07) is 17.9. The molecule has 0 atom stereocenters. The van der Waals surface area contributed by atoms with E-state index in [0.29, 0.717) is 0 Å². The average Bonchev–Trinajstić information content (AvgIpc) is 2.75. The Hall–Kier alpha value is -3.07. The molecule has 0 radical (unpaired) electrons. The highest BCUT2D eigenvalue weighted by Crippen LogP contribution is 2.22. The largest absolute Gasteiger partial charge is 0.338 e. The van der Waals surface area contributed by atoms with E-state index in [4.69, 9.17) is 0 Å². The number of imidazole rings is 1. The van der Waals surface area contributed by atoms with E-state index < -0.39 is 0 Å². The quantitative estimate of drug-likeness (QED) is 0.700. The Morgan fingerprint density at radius 3 is 2.29 bits per heavy atom. The molecular formula is C21H18N2O. The first kappa shape index (κ1) is 14.5. The maximum Gasteiger partial charge on any atom is 0.338 e. The van der Waals surface area contributed by atoms with Crippen molar-refractivity contribution < 1.29 is 0 Å². The summed E-state index contributed by atoms with van der Waals surface area (Å²) in [5.74, 6) is 0. The fraction of sp³-hybridized carbons (Fsp3) is 0.0952. The highest BCUT2D eigenvalue weighted by atomic mass is 16.1. The second-order valence-electron chi connectivity index (χ2n) is 5.95. The number of allylic oxidation sites excluding steroid dienone is 3. The lowest BCUT2D eigenvalue weighted by Crippen LogP contribution is -2.23. The molecule has 1 aromatic heterocycles. The molecule has 1 aliphatic carbocycles. The molecule has 3 aromatic rings. The van der Waals surface area contributed by atoms with Crippen molar-refractivity contribution in [1.29, 1.82) is 0 Å². The Labute approximate surface area is 140 Å². The number of fused-ring (bicyclic) bond motifs is 1. The standard InChI is InChI=1S/C21H18N2O/c1-16-12-14-18(15-13-16)23-20-11-7-3-6-10-19(20)22(21(23)24)17-8-4-2-5-9-17/h2-10,12-15H,11H2,1H3. The van der Waals surface area contributed by atoms with Crippen LogP contribution in [0.2, 0.25) is 0 Å². The van der Waals surface area contributed by atoms with Crippen molar-refractivity contribution in [3.8, 4) is 11.4 Å². The van der Waals surface area contributed by atoms with Gasteiger partial charge in [0, 0.05) is 6.42 Å². The van der Waals surface area contributed by atoms with E-state index in [9.17, 15) is 4.79 Å². The third-order valence-corrected chi connectivity index (χ3v) is 4.31. The fourth-order valence-electron chi connectivity index (χ4n) is 3.12. The second-order valence-corrected chi connectivity index (χ2v) is 5.95. The third-order valence-electron chi connectivity index (χ3n) is 4.31. The van der Waals surface area contributed by atoms with Crippen LogP contribution in [0.1, 0.15) is 17.0 Å². The second kappa shape index (κ2) is 5.85. The first-order valence-corrected chi connectivity index (χ1v) is 8.08. The molecule has 0 bridgehead atoms. The van der Waals surface area contributed by atoms with Crippen LogP contribution >= 0.6 is 0 Å². The fourth-order valence-corrected chi connectivity index (χ4v) is 3.12. The van der Waals surface area contributed by atoms with E-state index in [-0.39, 0.29) is 5.69 Å². The number of benzene rings is 2. The zero-order valence-electron chi connectivity index (χ0n) is 13.5. The summed E-state index contributed by atoms with van der Waals surface area (Å²) in [6.45, 7) is 2.05. The number of para-hydroxylation sites is 1. The predicted molar refractivity (Wildman–Crippen MR) is 98.0 cm³/mol. The molecule has 0 spiro atoms. The molecule has 0 amide bonds. The Morgan fingerprint density at radius 1 is 0.833 bits per heavy atom. The van der Waals surface area contributed by atoms with Gasteiger partial charge in [-0.1, -0.05) is 54.1 Å². The van der Waals surface area contributed by atoms with Crippen LogP contribution < -0.4 is 5.69 Å². The first-order chi connectivity index (χ1) is 11.8. The molecule has 2 aromatic carbocycles. The van der Waals surface area contributed by atoms with Gasteiger partial charge in [0.1, 0.15) is 0 Å². The molecule has 3 nitrogen and oxygen atoms in total. The number of nitrogens with zero attached hydrogens (tertiary/aromatic N) is 2. The van der Waals surface area contributed by atoms with Gasteiger partial charge in [0.05, 0.1) is 22.8 Å². The number of aryl methyl sites for hydroxylation is 1. The molecule has 0 aliphatic heterocycles. The van der Waals surface area contributed by atoms with Crippen molar-refractivity contribution >= 4 is 6.08 Å². The lowest BCUT2D eigenvalue weighted by Gasteiger charge is -2.06. The minimum Gasteiger partial charge on any atom is -0.264 e. The lowest BCUT2D eigenvalue weighted by molar-refractivity contribution is 0.883. The Bertz CT molecular complexity index is 987. The minimum atomic E-state index is -0.0324. The summed E-state index contributed by atoms with van der Waals surface area (Å²) < 4.78 is 3.61. The molecule has 24 heavy (non-hydrogen) atoms. The van der Waals surface area contributed by atoms with Crippen molar-refractivity contribution in [2.24, 2.45) is 0 Å². The van der Waals surface area contributed by atoms with Gasteiger partial charge < -0.3 is 0 Å². The maximum atomic E-state index is 13.2. The first-order valence-electron chi connectivity index (χ1n) is 8.08. The zero-order valence-corrected chi connectivity index (χ0v) is 13.5. The number of aromatic nitrogens is 2. The summed E-state index contributed by atoms with van der Waals surface area (Å²) in [5, 5.41) is 0. The minimum absolute atomic E-state index is 0.0324. The van der Waals surface area contributed by atoms with E-state index in [1.807, 2.05) is 84.3 Å². The smallest absolute Gasteiger partial charge is 0.264 e. The molecule has 3 heteroatoms. The van der Waals surface area contributed by atoms with Crippen LogP contribution in [-0.2, 0) is 6.42 Å². The lowest BCUT2D eigenvalue weighted by atomic mass is 10.2. The molecule has 0 unspecified atom stereocenters. The van der Waals surface area contributed by atoms with Crippen molar-refractivity contribution in [2.75, 3.05) is 0 Å². The predicted octanol–water partition coefficient (Wildman–Crippen LogP) is 4.06. The normalized spacial score (nSPS) is 12.9. The van der Waals surface area contributed by atoms with Crippen molar-refractivity contribution in [2.45, 2.75) is 13.3 Å². The topological polar surface area (TPSA) is 26.9 Å². The molecule has 0 saturated heterocycles. The Morgan fingerprint density at radius 2 is 1.54 bits per heavy atom. The molecule has 118 valence electrons. The van der Waals surface area contributed by atoms with E-state index >= 15 is 0 Å². The van der Waals surface area contributed by atoms with Crippen LogP contribution in [0.25, 0.3) is 17.5 Å². The summed E-state index contributed by atoms with van der Waals surface area (Å²) in [6.07, 6.45) is 8.84. The van der Waals surface area contributed by atoms with E-state index in [2.05, 4.69) is 6.08 Å². The van der Waals surface area contributed by atoms with E-state index in [1.54, 1.807) is 4.57 Å². The highest BCUT2D eigenvalue weighted by Gasteiger charge is 2.20. The average molecular weight is 314 g/mol. The van der Waals surface area contributed by atoms with Gasteiger partial charge in [0.2, 0.25) is 0 Å². The summed E-state index contributed by atoms with van der Waals surface area (Å²) in [5.41, 5.74) is 4.89. The van der Waals surface area contributed by atoms with Gasteiger partial charge >= 0.3 is 5.69 Å². The molecule has 0 N–H and O–H groups in total. The van der Waals surface area contributed by atoms with Gasteiger partial charge in [0.15, 0.2) is 0 Å². The SMILES string of the molecule is Cc1ccc(-n2c3c(n(-c4ccccc4)c2=O)C=CC=CC3)cc1. The summed E-state index contributed by atoms with van der Waals surface area (Å²) in [7, 11) is 0. The van der Waals surface area contributed by atoms with Gasteiger partial charge in [-0.3, -0.25) is 9.13 Å². The van der Waals surface area contributed by atoms with Crippen LogP contribution in [0.3, 0.4) is 0 Å². The summed E-state index contributed by atoms with van der Waals surface area (Å²) >= 11 is 0. The van der Waals surface area contributed by atoms with Crippen LogP contribution in [-0.4, -0.2) is 9.13 Å². The van der Waals surface area contributed by atoms with E-state index in [1.165, 1.54) is 5.56 Å². The van der Waals surface area contributed by atoms with Crippen molar-refractivity contribution in [3.63, 3.8) is 0 Å². The van der Waals surface area contributed by atoms with Crippen LogP contribution in [0, 0.1) is 6.92 Å². The van der Waals surface area contributed by atoms with Crippen LogP contribution in [0.15, 0.2) is 77.6 Å². The molecular weight excluding hydrogens is 296 g/mol. The summed E-state index contributed by atoms with van der Waals surface area (Å²) in [4.78, 5) is 13.2. The molecule has 1 heterocycles. The zero-order chi connectivity index (χ0) is 16.5. The number of rotatable bonds is 2. The molecule has 4 rings (SSSR count). The van der Waals surface area contributed by atoms with Crippen molar-refractivity contribution in [3.05, 3.63) is 100 Å². The Balaban J connectivity index is 2.03. The van der Waals surface area contributed by atoms with Gasteiger partial charge in [-0.05, 0) is 37.3 Å². The third kappa shape index (κ3) is 2.35. The molecule has 1 aliphatic rings. The van der Waals surface area contributed by atoms with Gasteiger partial charge in [0.25, 0.3) is 0 Å². The van der Waals surface area contributed by atoms with Gasteiger partial charge in [-0.25, -0.2) is 4.79 Å². The molecule has 0 fully saturated rings. The molecule has 0 saturated carbocycles. The highest BCUT2D eigenvalue weighted by molar-refractivity contribution is 5.58. The van der Waals surface area contributed by atoms with E-state index in [0.717, 1.165) is 29.2 Å². The number of hydrogen-bond donors (Lipinski definition) is 0. The Kier molecular flexibility index (Phi) is 3.54. The van der Waals surface area contributed by atoms with Gasteiger partial charge in [-0.15, -0.1) is 0 Å². The maximum absolute atomic E-state index is 13.2. The van der Waals surface area contributed by atoms with Crippen molar-refractivity contribution in [1.82, 2.24) is 9.13 Å². The number of hydrogen-bond acceptors (Lipinski definition) is 1. The van der Waals surface area contributed by atoms with Crippen LogP contribution in [0.5, 0.6) is 0 Å². The van der Waals surface area contributed by atoms with Crippen LogP contribution in [0.4, 0.5) is 0 Å². The van der Waals surface area contributed by atoms with Gasteiger partial charge in [-0.2, -0.15) is 0 Å². The monoisotopic (exact) mass is 314 g/mol.